The van der Waals surface area contributed by atoms with E-state index < -0.39 is 6.04 Å². The third-order valence-electron chi connectivity index (χ3n) is 2.57. The molecule has 1 unspecified atom stereocenters. The van der Waals surface area contributed by atoms with Crippen molar-refractivity contribution in [2.75, 3.05) is 6.61 Å². The lowest BCUT2D eigenvalue weighted by Gasteiger charge is -2.02. The van der Waals surface area contributed by atoms with Crippen LogP contribution in [0.2, 0.25) is 5.02 Å². The van der Waals surface area contributed by atoms with E-state index in [1.807, 2.05) is 31.2 Å². The van der Waals surface area contributed by atoms with Crippen LogP contribution < -0.4 is 5.73 Å². The fraction of sp³-hybridized carbons (Fsp3) is 0.250. The number of benzene rings is 1. The monoisotopic (exact) mass is 251 g/mol. The molecule has 2 aromatic rings. The summed E-state index contributed by atoms with van der Waals surface area (Å²) in [7, 11) is 0. The summed E-state index contributed by atoms with van der Waals surface area (Å²) in [5.41, 5.74) is 8.44. The van der Waals surface area contributed by atoms with Gasteiger partial charge in [-0.1, -0.05) is 23.7 Å². The van der Waals surface area contributed by atoms with E-state index in [4.69, 9.17) is 22.4 Å². The average Bonchev–Trinajstić information content (AvgIpc) is 2.71. The number of rotatable bonds is 3. The highest BCUT2D eigenvalue weighted by molar-refractivity contribution is 6.30. The number of hydrogen-bond acceptors (Lipinski definition) is 3. The summed E-state index contributed by atoms with van der Waals surface area (Å²) < 4.78 is 0. The maximum Gasteiger partial charge on any atom is 0.126 e. The SMILES string of the molecule is Cc1[nH]c(C(N)CO)nc1-c1ccc(Cl)cc1. The van der Waals surface area contributed by atoms with E-state index in [-0.39, 0.29) is 6.61 Å². The number of aromatic amines is 1. The molecular formula is C12H14ClN3O. The zero-order chi connectivity index (χ0) is 12.4. The Kier molecular flexibility index (Phi) is 3.47. The number of imidazole rings is 1. The first-order chi connectivity index (χ1) is 8.11. The molecule has 1 atom stereocenters. The first kappa shape index (κ1) is 12.1. The Morgan fingerprint density at radius 3 is 2.65 bits per heavy atom. The van der Waals surface area contributed by atoms with Crippen molar-refractivity contribution in [3.63, 3.8) is 0 Å². The number of hydrogen-bond donors (Lipinski definition) is 3. The summed E-state index contributed by atoms with van der Waals surface area (Å²) in [5, 5.41) is 9.68. The Morgan fingerprint density at radius 2 is 2.06 bits per heavy atom. The van der Waals surface area contributed by atoms with E-state index in [9.17, 15) is 0 Å². The topological polar surface area (TPSA) is 74.9 Å². The van der Waals surface area contributed by atoms with Gasteiger partial charge in [0.25, 0.3) is 0 Å². The number of aryl methyl sites for hydroxylation is 1. The first-order valence-electron chi connectivity index (χ1n) is 5.30. The van der Waals surface area contributed by atoms with Crippen LogP contribution in [-0.4, -0.2) is 21.7 Å². The Hall–Kier alpha value is -1.36. The molecule has 0 saturated carbocycles. The molecular weight excluding hydrogens is 238 g/mol. The Morgan fingerprint density at radius 1 is 1.41 bits per heavy atom. The second-order valence-electron chi connectivity index (χ2n) is 3.89. The number of halogens is 1. The molecule has 1 heterocycles. The third kappa shape index (κ3) is 2.49. The minimum absolute atomic E-state index is 0.132. The molecule has 4 nitrogen and oxygen atoms in total. The maximum absolute atomic E-state index is 8.99. The highest BCUT2D eigenvalue weighted by atomic mass is 35.5. The molecule has 0 bridgehead atoms. The van der Waals surface area contributed by atoms with Gasteiger partial charge in [-0.05, 0) is 19.1 Å². The third-order valence-corrected chi connectivity index (χ3v) is 2.82. The van der Waals surface area contributed by atoms with Crippen LogP contribution in [-0.2, 0) is 0 Å². The van der Waals surface area contributed by atoms with Crippen LogP contribution in [0.1, 0.15) is 17.6 Å². The van der Waals surface area contributed by atoms with Gasteiger partial charge < -0.3 is 15.8 Å². The standard InChI is InChI=1S/C12H14ClN3O/c1-7-11(8-2-4-9(13)5-3-8)16-12(15-7)10(14)6-17/h2-5,10,17H,6,14H2,1H3,(H,15,16). The summed E-state index contributed by atoms with van der Waals surface area (Å²) >= 11 is 5.84. The predicted molar refractivity (Wildman–Crippen MR) is 67.8 cm³/mol. The van der Waals surface area contributed by atoms with Crippen molar-refractivity contribution in [3.8, 4) is 11.3 Å². The van der Waals surface area contributed by atoms with Gasteiger partial charge in [-0.25, -0.2) is 4.98 Å². The zero-order valence-corrected chi connectivity index (χ0v) is 10.2. The van der Waals surface area contributed by atoms with Crippen LogP contribution in [0.5, 0.6) is 0 Å². The molecule has 0 saturated heterocycles. The summed E-state index contributed by atoms with van der Waals surface area (Å²) in [6.45, 7) is 1.79. The molecule has 0 aliphatic carbocycles. The number of nitrogens with one attached hydrogen (secondary N) is 1. The molecule has 0 aliphatic rings. The molecule has 17 heavy (non-hydrogen) atoms. The summed E-state index contributed by atoms with van der Waals surface area (Å²) in [4.78, 5) is 7.48. The fourth-order valence-corrected chi connectivity index (χ4v) is 1.76. The lowest BCUT2D eigenvalue weighted by molar-refractivity contribution is 0.264. The second-order valence-corrected chi connectivity index (χ2v) is 4.33. The van der Waals surface area contributed by atoms with Gasteiger partial charge in [0.05, 0.1) is 18.3 Å². The number of H-pyrrole nitrogens is 1. The van der Waals surface area contributed by atoms with Crippen LogP contribution in [0.4, 0.5) is 0 Å². The van der Waals surface area contributed by atoms with Gasteiger partial charge in [-0.3, -0.25) is 0 Å². The van der Waals surface area contributed by atoms with Crippen LogP contribution in [0.3, 0.4) is 0 Å². The fourth-order valence-electron chi connectivity index (χ4n) is 1.63. The van der Waals surface area contributed by atoms with Gasteiger partial charge in [0.15, 0.2) is 0 Å². The molecule has 4 N–H and O–H groups in total. The Bertz CT molecular complexity index is 507. The lowest BCUT2D eigenvalue weighted by Crippen LogP contribution is -2.16. The number of nitrogens with two attached hydrogens (primary N) is 1. The molecule has 0 radical (unpaired) electrons. The van der Waals surface area contributed by atoms with Crippen molar-refractivity contribution in [1.82, 2.24) is 9.97 Å². The van der Waals surface area contributed by atoms with Crippen LogP contribution >= 0.6 is 11.6 Å². The van der Waals surface area contributed by atoms with Gasteiger partial charge in [0, 0.05) is 16.3 Å². The minimum atomic E-state index is -0.477. The Labute approximate surface area is 104 Å². The van der Waals surface area contributed by atoms with Gasteiger partial charge in [-0.2, -0.15) is 0 Å². The van der Waals surface area contributed by atoms with Crippen LogP contribution in [0, 0.1) is 6.92 Å². The van der Waals surface area contributed by atoms with Crippen LogP contribution in [0.15, 0.2) is 24.3 Å². The highest BCUT2D eigenvalue weighted by Crippen LogP contribution is 2.24. The number of aromatic nitrogens is 2. The minimum Gasteiger partial charge on any atom is -0.394 e. The molecule has 0 aliphatic heterocycles. The van der Waals surface area contributed by atoms with Crippen molar-refractivity contribution in [3.05, 3.63) is 40.8 Å². The van der Waals surface area contributed by atoms with Gasteiger partial charge in [-0.15, -0.1) is 0 Å². The maximum atomic E-state index is 8.99. The molecule has 0 fully saturated rings. The molecule has 0 amide bonds. The van der Waals surface area contributed by atoms with Crippen molar-refractivity contribution in [2.24, 2.45) is 5.73 Å². The summed E-state index contributed by atoms with van der Waals surface area (Å²) in [6, 6.07) is 6.96. The number of aliphatic hydroxyl groups excluding tert-OH is 1. The van der Waals surface area contributed by atoms with Crippen molar-refractivity contribution in [2.45, 2.75) is 13.0 Å². The van der Waals surface area contributed by atoms with Crippen molar-refractivity contribution in [1.29, 1.82) is 0 Å². The molecule has 1 aromatic heterocycles. The quantitative estimate of drug-likeness (QED) is 0.781. The largest absolute Gasteiger partial charge is 0.394 e. The molecule has 1 aromatic carbocycles. The first-order valence-corrected chi connectivity index (χ1v) is 5.68. The van der Waals surface area contributed by atoms with Crippen LogP contribution in [0.25, 0.3) is 11.3 Å². The van der Waals surface area contributed by atoms with E-state index in [2.05, 4.69) is 9.97 Å². The van der Waals surface area contributed by atoms with E-state index in [1.165, 1.54) is 0 Å². The molecule has 2 rings (SSSR count). The summed E-state index contributed by atoms with van der Waals surface area (Å²) in [6.07, 6.45) is 0. The second kappa shape index (κ2) is 4.87. The van der Waals surface area contributed by atoms with Gasteiger partial charge >= 0.3 is 0 Å². The number of aliphatic hydroxyl groups is 1. The van der Waals surface area contributed by atoms with E-state index >= 15 is 0 Å². The smallest absolute Gasteiger partial charge is 0.126 e. The normalized spacial score (nSPS) is 12.7. The van der Waals surface area contributed by atoms with E-state index in [0.29, 0.717) is 10.8 Å². The van der Waals surface area contributed by atoms with Crippen molar-refractivity contribution >= 4 is 11.6 Å². The van der Waals surface area contributed by atoms with E-state index in [0.717, 1.165) is 17.0 Å². The Balaban J connectivity index is 2.39. The molecule has 90 valence electrons. The predicted octanol–water partition coefficient (Wildman–Crippen LogP) is 2.03. The zero-order valence-electron chi connectivity index (χ0n) is 9.44. The highest BCUT2D eigenvalue weighted by Gasteiger charge is 2.13. The number of nitrogens with zero attached hydrogens (tertiary/aromatic N) is 1. The average molecular weight is 252 g/mol. The lowest BCUT2D eigenvalue weighted by atomic mass is 10.1. The summed E-state index contributed by atoms with van der Waals surface area (Å²) in [5.74, 6) is 0.593. The molecule has 0 spiro atoms. The van der Waals surface area contributed by atoms with E-state index in [1.54, 1.807) is 0 Å². The van der Waals surface area contributed by atoms with Crippen molar-refractivity contribution < 1.29 is 5.11 Å². The van der Waals surface area contributed by atoms with Gasteiger partial charge in [0.2, 0.25) is 0 Å². The molecule has 5 heteroatoms. The van der Waals surface area contributed by atoms with Gasteiger partial charge in [0.1, 0.15) is 5.82 Å².